The van der Waals surface area contributed by atoms with Crippen LogP contribution in [0.4, 0.5) is 4.39 Å². The van der Waals surface area contributed by atoms with E-state index in [1.54, 1.807) is 24.3 Å². The molecular weight excluding hydrogens is 453 g/mol. The number of aliphatic hydroxyl groups excluding tert-OH is 1. The molecule has 176 valence electrons. The third kappa shape index (κ3) is 4.80. The van der Waals surface area contributed by atoms with Gasteiger partial charge in [-0.2, -0.15) is 0 Å². The number of aromatic nitrogens is 2. The second kappa shape index (κ2) is 9.38. The van der Waals surface area contributed by atoms with Crippen LogP contribution in [0.15, 0.2) is 47.5 Å². The van der Waals surface area contributed by atoms with Crippen LogP contribution >= 0.6 is 0 Å². The van der Waals surface area contributed by atoms with Crippen molar-refractivity contribution < 1.29 is 27.9 Å². The number of aryl methyl sites for hydroxylation is 1. The minimum atomic E-state index is -3.93. The number of hydrogen-bond acceptors (Lipinski definition) is 7. The van der Waals surface area contributed by atoms with Gasteiger partial charge in [0.2, 0.25) is 0 Å². The van der Waals surface area contributed by atoms with Crippen LogP contribution in [-0.4, -0.2) is 51.8 Å². The van der Waals surface area contributed by atoms with Gasteiger partial charge >= 0.3 is 0 Å². The van der Waals surface area contributed by atoms with Crippen LogP contribution in [0.3, 0.4) is 0 Å². The van der Waals surface area contributed by atoms with Gasteiger partial charge in [-0.3, -0.25) is 19.4 Å². The van der Waals surface area contributed by atoms with Gasteiger partial charge in [0.25, 0.3) is 11.5 Å². The molecule has 3 N–H and O–H groups in total. The molecule has 33 heavy (non-hydrogen) atoms. The van der Waals surface area contributed by atoms with Crippen LogP contribution in [0.2, 0.25) is 0 Å². The van der Waals surface area contributed by atoms with Gasteiger partial charge < -0.3 is 5.11 Å². The lowest BCUT2D eigenvalue weighted by atomic mass is 10.0. The van der Waals surface area contributed by atoms with Gasteiger partial charge in [-0.25, -0.2) is 23.3 Å². The minimum absolute atomic E-state index is 0.00307. The first-order valence-electron chi connectivity index (χ1n) is 10.0. The maximum Gasteiger partial charge on any atom is 0.264 e. The topological polar surface area (TPSA) is 139 Å². The third-order valence-electron chi connectivity index (χ3n) is 5.81. The highest BCUT2D eigenvalue weighted by Crippen LogP contribution is 2.27. The van der Waals surface area contributed by atoms with Gasteiger partial charge in [-0.15, -0.1) is 0 Å². The molecule has 1 heterocycles. The molecule has 0 bridgehead atoms. The van der Waals surface area contributed by atoms with Gasteiger partial charge in [0.15, 0.2) is 14.6 Å². The largest absolute Gasteiger partial charge is 0.396 e. The number of fused-ring (bicyclic) bond motifs is 1. The molecule has 3 rings (SSSR count). The fourth-order valence-electron chi connectivity index (χ4n) is 3.46. The Labute approximate surface area is 189 Å². The minimum Gasteiger partial charge on any atom is -0.396 e. The molecule has 2 aromatic carbocycles. The highest BCUT2D eigenvalue weighted by atomic mass is 32.2. The lowest BCUT2D eigenvalue weighted by Gasteiger charge is -2.25. The molecule has 0 saturated carbocycles. The van der Waals surface area contributed by atoms with Crippen molar-refractivity contribution in [3.8, 4) is 11.1 Å². The number of amides is 1. The number of carbonyl (C=O) groups excluding carboxylic acids is 1. The highest BCUT2D eigenvalue weighted by molar-refractivity contribution is 7.92. The van der Waals surface area contributed by atoms with Gasteiger partial charge in [-0.05, 0) is 43.0 Å². The van der Waals surface area contributed by atoms with Gasteiger partial charge in [0.05, 0.1) is 17.2 Å². The number of benzene rings is 2. The number of aliphatic hydroxyl groups is 1. The van der Waals surface area contributed by atoms with Crippen LogP contribution in [0, 0.1) is 5.82 Å². The summed E-state index contributed by atoms with van der Waals surface area (Å²) in [6.45, 7) is 0.952. The zero-order valence-electron chi connectivity index (χ0n) is 18.1. The van der Waals surface area contributed by atoms with E-state index in [0.717, 1.165) is 29.4 Å². The van der Waals surface area contributed by atoms with Crippen LogP contribution in [0.5, 0.6) is 0 Å². The predicted octanol–water partition coefficient (Wildman–Crippen LogP) is 1.44. The number of hydrogen-bond donors (Lipinski definition) is 3. The predicted molar refractivity (Wildman–Crippen MR) is 120 cm³/mol. The summed E-state index contributed by atoms with van der Waals surface area (Å²) in [6, 6.07) is 9.53. The quantitative estimate of drug-likeness (QED) is 0.330. The van der Waals surface area contributed by atoms with Crippen molar-refractivity contribution in [3.63, 3.8) is 0 Å². The van der Waals surface area contributed by atoms with E-state index >= 15 is 0 Å². The maximum atomic E-state index is 14.9. The lowest BCUT2D eigenvalue weighted by Crippen LogP contribution is -2.50. The Morgan fingerprint density at radius 1 is 1.24 bits per heavy atom. The number of nitrogens with zero attached hydrogens (tertiary/aromatic N) is 2. The van der Waals surface area contributed by atoms with E-state index in [4.69, 9.17) is 10.3 Å². The Bertz CT molecular complexity index is 1360. The smallest absolute Gasteiger partial charge is 0.264 e. The molecule has 1 amide bonds. The van der Waals surface area contributed by atoms with E-state index < -0.39 is 31.9 Å². The molecule has 0 aliphatic carbocycles. The summed E-state index contributed by atoms with van der Waals surface area (Å²) < 4.78 is 38.2. The first-order valence-corrected chi connectivity index (χ1v) is 11.9. The highest BCUT2D eigenvalue weighted by Gasteiger charge is 2.43. The molecule has 0 aliphatic heterocycles. The Hall–Kier alpha value is -3.15. The molecule has 1 atom stereocenters. The van der Waals surface area contributed by atoms with Gasteiger partial charge in [0, 0.05) is 25.0 Å². The monoisotopic (exact) mass is 477 g/mol. The van der Waals surface area contributed by atoms with E-state index in [-0.39, 0.29) is 36.0 Å². The normalized spacial score (nSPS) is 13.6. The van der Waals surface area contributed by atoms with Crippen molar-refractivity contribution >= 4 is 26.6 Å². The van der Waals surface area contributed by atoms with E-state index in [1.807, 2.05) is 0 Å². The second-order valence-corrected chi connectivity index (χ2v) is 10.4. The van der Waals surface area contributed by atoms with Crippen LogP contribution in [-0.2, 0) is 27.6 Å². The Balaban J connectivity index is 1.96. The molecule has 9 nitrogen and oxygen atoms in total. The Morgan fingerprint density at radius 3 is 2.48 bits per heavy atom. The van der Waals surface area contributed by atoms with E-state index in [1.165, 1.54) is 17.9 Å². The molecule has 0 aliphatic rings. The molecule has 1 aromatic heterocycles. The van der Waals surface area contributed by atoms with E-state index in [9.17, 15) is 22.4 Å². The SMILES string of the molecule is C[C@@](CCn1cnc2cc(-c3ccc(CCO)cc3)c(F)cc2c1=O)(C(=O)NO)S(C)(=O)=O. The zero-order chi connectivity index (χ0) is 24.4. The number of sulfone groups is 1. The fourth-order valence-corrected chi connectivity index (χ4v) is 4.30. The fraction of sp³-hybridized carbons (Fsp3) is 0.318. The molecule has 0 fully saturated rings. The summed E-state index contributed by atoms with van der Waals surface area (Å²) in [5, 5.41) is 17.9. The molecular formula is C22H24FN3O6S. The molecule has 0 spiro atoms. The Kier molecular flexibility index (Phi) is 6.96. The molecule has 0 radical (unpaired) electrons. The second-order valence-electron chi connectivity index (χ2n) is 7.96. The van der Waals surface area contributed by atoms with E-state index in [0.29, 0.717) is 12.0 Å². The summed E-state index contributed by atoms with van der Waals surface area (Å²) in [5.74, 6) is -1.75. The molecule has 3 aromatic rings. The molecule has 0 saturated heterocycles. The number of rotatable bonds is 8. The first-order chi connectivity index (χ1) is 15.5. The van der Waals surface area contributed by atoms with Crippen LogP contribution in [0.25, 0.3) is 22.0 Å². The standard InChI is InChI=1S/C22H24FN3O6S/c1-22(21(29)25-30,33(2,31)32)8-9-26-13-24-19-12-16(18(23)11-17(19)20(26)28)15-5-3-14(4-6-15)7-10-27/h3-6,11-13,27,30H,7-10H2,1-2H3,(H,25,29)/t22-/m1/s1. The van der Waals surface area contributed by atoms with Crippen LogP contribution in [0.1, 0.15) is 18.9 Å². The lowest BCUT2D eigenvalue weighted by molar-refractivity contribution is -0.131. The maximum absolute atomic E-state index is 14.9. The number of carbonyl (C=O) groups is 1. The van der Waals surface area contributed by atoms with Crippen molar-refractivity contribution in [1.29, 1.82) is 0 Å². The number of hydroxylamine groups is 1. The van der Waals surface area contributed by atoms with Crippen molar-refractivity contribution in [1.82, 2.24) is 15.0 Å². The summed E-state index contributed by atoms with van der Waals surface area (Å²) in [4.78, 5) is 29.1. The van der Waals surface area contributed by atoms with E-state index in [2.05, 4.69) is 4.98 Å². The zero-order valence-corrected chi connectivity index (χ0v) is 18.9. The molecule has 0 unspecified atom stereocenters. The average Bonchev–Trinajstić information content (AvgIpc) is 2.78. The van der Waals surface area contributed by atoms with Gasteiger partial charge in [0.1, 0.15) is 5.82 Å². The molecule has 11 heteroatoms. The first kappa shape index (κ1) is 24.5. The summed E-state index contributed by atoms with van der Waals surface area (Å²) in [7, 11) is -3.93. The van der Waals surface area contributed by atoms with Gasteiger partial charge in [-0.1, -0.05) is 24.3 Å². The van der Waals surface area contributed by atoms with Crippen molar-refractivity contribution in [2.45, 2.75) is 31.1 Å². The van der Waals surface area contributed by atoms with Crippen molar-refractivity contribution in [2.75, 3.05) is 12.9 Å². The third-order valence-corrected chi connectivity index (χ3v) is 7.83. The van der Waals surface area contributed by atoms with Crippen molar-refractivity contribution in [3.05, 3.63) is 64.5 Å². The number of halogens is 1. The Morgan fingerprint density at radius 2 is 1.91 bits per heavy atom. The summed E-state index contributed by atoms with van der Waals surface area (Å²) in [6.07, 6.45) is 2.24. The average molecular weight is 478 g/mol. The van der Waals surface area contributed by atoms with Crippen molar-refractivity contribution in [2.24, 2.45) is 0 Å². The summed E-state index contributed by atoms with van der Waals surface area (Å²) in [5.41, 5.74) is 2.75. The van der Waals surface area contributed by atoms with Crippen LogP contribution < -0.4 is 11.0 Å². The number of nitrogens with one attached hydrogen (secondary N) is 1. The summed E-state index contributed by atoms with van der Waals surface area (Å²) >= 11 is 0.